The molecule has 1 N–H and O–H groups in total. The number of aromatic carboxylic acids is 1. The van der Waals surface area contributed by atoms with Crippen LogP contribution in [0, 0.1) is 0 Å². The Labute approximate surface area is 117 Å². The molecule has 0 aliphatic heterocycles. The Balaban J connectivity index is 2.34. The molecule has 2 rings (SSSR count). The van der Waals surface area contributed by atoms with Gasteiger partial charge in [-0.2, -0.15) is 0 Å². The van der Waals surface area contributed by atoms with Crippen molar-refractivity contribution in [3.8, 4) is 17.2 Å². The molecular weight excluding hydrogens is 314 g/mol. The van der Waals surface area contributed by atoms with Gasteiger partial charge in [-0.3, -0.25) is 4.98 Å². The molecule has 0 bridgehead atoms. The molecule has 1 aromatic heterocycles. The van der Waals surface area contributed by atoms with Crippen molar-refractivity contribution in [3.05, 3.63) is 46.7 Å². The normalized spacial score (nSPS) is 10.0. The lowest BCUT2D eigenvalue weighted by Gasteiger charge is -2.10. The Bertz CT molecular complexity index is 615. The minimum Gasteiger partial charge on any atom is -0.497 e. The predicted octanol–water partition coefficient (Wildman–Crippen LogP) is 3.34. The summed E-state index contributed by atoms with van der Waals surface area (Å²) in [5.41, 5.74) is 0.00483. The minimum absolute atomic E-state index is 0.00483. The molecule has 0 atom stereocenters. The number of rotatable bonds is 4. The summed E-state index contributed by atoms with van der Waals surface area (Å²) in [6, 6.07) is 6.65. The molecule has 0 saturated carbocycles. The molecule has 19 heavy (non-hydrogen) atoms. The van der Waals surface area contributed by atoms with Crippen LogP contribution in [0.4, 0.5) is 0 Å². The predicted molar refractivity (Wildman–Crippen MR) is 72.0 cm³/mol. The van der Waals surface area contributed by atoms with Crippen molar-refractivity contribution in [1.82, 2.24) is 4.98 Å². The van der Waals surface area contributed by atoms with Gasteiger partial charge in [-0.25, -0.2) is 4.79 Å². The van der Waals surface area contributed by atoms with Crippen molar-refractivity contribution >= 4 is 21.9 Å². The number of halogens is 1. The standard InChI is InChI=1S/C13H10BrNO4/c1-18-8-2-3-12(10(14)6-8)19-11-4-5-15-7-9(11)13(16)17/h2-7H,1H3,(H,16,17). The van der Waals surface area contributed by atoms with E-state index in [1.165, 1.54) is 18.5 Å². The molecule has 2 aromatic rings. The first-order valence-electron chi connectivity index (χ1n) is 5.30. The van der Waals surface area contributed by atoms with Crippen LogP contribution in [0.2, 0.25) is 0 Å². The van der Waals surface area contributed by atoms with E-state index in [-0.39, 0.29) is 11.3 Å². The van der Waals surface area contributed by atoms with Gasteiger partial charge >= 0.3 is 5.97 Å². The van der Waals surface area contributed by atoms with Gasteiger partial charge < -0.3 is 14.6 Å². The number of nitrogens with zero attached hydrogens (tertiary/aromatic N) is 1. The number of pyridine rings is 1. The first kappa shape index (κ1) is 13.4. The van der Waals surface area contributed by atoms with Gasteiger partial charge in [0.2, 0.25) is 0 Å². The number of carbonyl (C=O) groups is 1. The molecule has 98 valence electrons. The molecule has 0 aliphatic rings. The number of carboxylic acids is 1. The number of carboxylic acid groups (broad SMARTS) is 1. The molecule has 0 amide bonds. The molecule has 0 radical (unpaired) electrons. The van der Waals surface area contributed by atoms with Gasteiger partial charge in [0.05, 0.1) is 11.6 Å². The fourth-order valence-corrected chi connectivity index (χ4v) is 1.88. The van der Waals surface area contributed by atoms with Crippen molar-refractivity contribution in [3.63, 3.8) is 0 Å². The zero-order chi connectivity index (χ0) is 13.8. The Kier molecular flexibility index (Phi) is 4.01. The highest BCUT2D eigenvalue weighted by Crippen LogP contribution is 2.33. The van der Waals surface area contributed by atoms with E-state index in [0.717, 1.165) is 0 Å². The average molecular weight is 324 g/mol. The minimum atomic E-state index is -1.09. The van der Waals surface area contributed by atoms with Crippen molar-refractivity contribution in [2.75, 3.05) is 7.11 Å². The van der Waals surface area contributed by atoms with Gasteiger partial charge in [-0.15, -0.1) is 0 Å². The third-order valence-corrected chi connectivity index (χ3v) is 2.99. The topological polar surface area (TPSA) is 68.7 Å². The zero-order valence-corrected chi connectivity index (χ0v) is 11.5. The first-order chi connectivity index (χ1) is 9.11. The Morgan fingerprint density at radius 3 is 2.74 bits per heavy atom. The maximum Gasteiger partial charge on any atom is 0.341 e. The van der Waals surface area contributed by atoms with E-state index in [2.05, 4.69) is 20.9 Å². The lowest BCUT2D eigenvalue weighted by Crippen LogP contribution is -2.00. The van der Waals surface area contributed by atoms with Gasteiger partial charge in [0.15, 0.2) is 0 Å². The van der Waals surface area contributed by atoms with E-state index < -0.39 is 5.97 Å². The monoisotopic (exact) mass is 323 g/mol. The number of hydrogen-bond donors (Lipinski definition) is 1. The van der Waals surface area contributed by atoms with Crippen LogP contribution in [-0.2, 0) is 0 Å². The van der Waals surface area contributed by atoms with Crippen LogP contribution in [0.25, 0.3) is 0 Å². The summed E-state index contributed by atoms with van der Waals surface area (Å²) in [6.07, 6.45) is 2.72. The molecule has 0 spiro atoms. The van der Waals surface area contributed by atoms with Crippen LogP contribution >= 0.6 is 15.9 Å². The fourth-order valence-electron chi connectivity index (χ4n) is 1.44. The van der Waals surface area contributed by atoms with Gasteiger partial charge in [0, 0.05) is 18.5 Å². The summed E-state index contributed by atoms with van der Waals surface area (Å²) in [7, 11) is 1.56. The summed E-state index contributed by atoms with van der Waals surface area (Å²) >= 11 is 3.34. The van der Waals surface area contributed by atoms with Crippen LogP contribution < -0.4 is 9.47 Å². The Morgan fingerprint density at radius 2 is 2.11 bits per heavy atom. The number of benzene rings is 1. The van der Waals surface area contributed by atoms with Gasteiger partial charge in [-0.05, 0) is 34.1 Å². The zero-order valence-electron chi connectivity index (χ0n) is 9.96. The fraction of sp³-hybridized carbons (Fsp3) is 0.0769. The Hall–Kier alpha value is -2.08. The molecule has 0 fully saturated rings. The third kappa shape index (κ3) is 3.03. The lowest BCUT2D eigenvalue weighted by atomic mass is 10.2. The molecular formula is C13H10BrNO4. The number of methoxy groups -OCH3 is 1. The smallest absolute Gasteiger partial charge is 0.341 e. The van der Waals surface area contributed by atoms with Crippen molar-refractivity contribution < 1.29 is 19.4 Å². The van der Waals surface area contributed by atoms with Gasteiger partial charge in [0.25, 0.3) is 0 Å². The van der Waals surface area contributed by atoms with E-state index in [1.807, 2.05) is 0 Å². The van der Waals surface area contributed by atoms with E-state index in [1.54, 1.807) is 25.3 Å². The van der Waals surface area contributed by atoms with Gasteiger partial charge in [-0.1, -0.05) is 0 Å². The van der Waals surface area contributed by atoms with Crippen LogP contribution in [0.3, 0.4) is 0 Å². The SMILES string of the molecule is COc1ccc(Oc2ccncc2C(=O)O)c(Br)c1. The van der Waals surface area contributed by atoms with E-state index in [0.29, 0.717) is 16.0 Å². The largest absolute Gasteiger partial charge is 0.497 e. The van der Waals surface area contributed by atoms with E-state index in [4.69, 9.17) is 14.6 Å². The second-order valence-electron chi connectivity index (χ2n) is 3.58. The van der Waals surface area contributed by atoms with E-state index in [9.17, 15) is 4.79 Å². The third-order valence-electron chi connectivity index (χ3n) is 2.37. The van der Waals surface area contributed by atoms with Crippen LogP contribution in [0.5, 0.6) is 17.2 Å². The lowest BCUT2D eigenvalue weighted by molar-refractivity contribution is 0.0693. The molecule has 6 heteroatoms. The van der Waals surface area contributed by atoms with Crippen LogP contribution in [0.15, 0.2) is 41.1 Å². The highest BCUT2D eigenvalue weighted by atomic mass is 79.9. The molecule has 1 heterocycles. The molecule has 0 unspecified atom stereocenters. The average Bonchev–Trinajstić information content (AvgIpc) is 2.41. The first-order valence-corrected chi connectivity index (χ1v) is 6.10. The summed E-state index contributed by atoms with van der Waals surface area (Å²) in [5, 5.41) is 9.04. The molecule has 0 aliphatic carbocycles. The van der Waals surface area contributed by atoms with Crippen molar-refractivity contribution in [1.29, 1.82) is 0 Å². The Morgan fingerprint density at radius 1 is 1.32 bits per heavy atom. The highest BCUT2D eigenvalue weighted by Gasteiger charge is 2.13. The van der Waals surface area contributed by atoms with E-state index >= 15 is 0 Å². The van der Waals surface area contributed by atoms with Crippen LogP contribution in [-0.4, -0.2) is 23.2 Å². The van der Waals surface area contributed by atoms with Crippen LogP contribution in [0.1, 0.15) is 10.4 Å². The highest BCUT2D eigenvalue weighted by molar-refractivity contribution is 9.10. The number of aromatic nitrogens is 1. The second-order valence-corrected chi connectivity index (χ2v) is 4.43. The second kappa shape index (κ2) is 5.71. The summed E-state index contributed by atoms with van der Waals surface area (Å²) in [4.78, 5) is 14.8. The number of hydrogen-bond acceptors (Lipinski definition) is 4. The maximum absolute atomic E-state index is 11.0. The summed E-state index contributed by atoms with van der Waals surface area (Å²) in [5.74, 6) is 0.308. The van der Waals surface area contributed by atoms with Crippen molar-refractivity contribution in [2.24, 2.45) is 0 Å². The molecule has 0 saturated heterocycles. The maximum atomic E-state index is 11.0. The van der Waals surface area contributed by atoms with Gasteiger partial charge in [0.1, 0.15) is 22.8 Å². The summed E-state index contributed by atoms with van der Waals surface area (Å²) in [6.45, 7) is 0. The van der Waals surface area contributed by atoms with Crippen molar-refractivity contribution in [2.45, 2.75) is 0 Å². The molecule has 5 nitrogen and oxygen atoms in total. The summed E-state index contributed by atoms with van der Waals surface area (Å²) < 4.78 is 11.3. The molecule has 1 aromatic carbocycles. The quantitative estimate of drug-likeness (QED) is 0.934. The number of ether oxygens (including phenoxy) is 2.